The molecule has 1 aromatic heterocycles. The number of nitrogens with one attached hydrogen (secondary N) is 1. The second kappa shape index (κ2) is 6.52. The fourth-order valence-electron chi connectivity index (χ4n) is 1.81. The van der Waals surface area contributed by atoms with Crippen LogP contribution in [0.25, 0.3) is 0 Å². The molecular formula is C14H15N5O2. The largest absolute Gasteiger partial charge is 0.345 e. The summed E-state index contributed by atoms with van der Waals surface area (Å²) in [6.07, 6.45) is 2.27. The van der Waals surface area contributed by atoms with Crippen molar-refractivity contribution >= 4 is 11.6 Å². The van der Waals surface area contributed by atoms with Gasteiger partial charge in [0.15, 0.2) is 0 Å². The van der Waals surface area contributed by atoms with Crippen molar-refractivity contribution in [2.75, 3.05) is 5.32 Å². The summed E-state index contributed by atoms with van der Waals surface area (Å²) in [7, 11) is 1.63. The molecule has 0 fully saturated rings. The molecule has 21 heavy (non-hydrogen) atoms. The van der Waals surface area contributed by atoms with Gasteiger partial charge >= 0.3 is 5.69 Å². The molecule has 0 saturated heterocycles. The van der Waals surface area contributed by atoms with Crippen LogP contribution in [0.15, 0.2) is 35.4 Å². The van der Waals surface area contributed by atoms with Gasteiger partial charge in [-0.2, -0.15) is 10.4 Å². The lowest BCUT2D eigenvalue weighted by Gasteiger charge is -2.05. The minimum absolute atomic E-state index is 0.135. The third-order valence-corrected chi connectivity index (χ3v) is 2.96. The SMILES string of the molecule is Cn1cnn(CCCC(=O)Nc2ccc(C#N)cc2)c1=O. The lowest BCUT2D eigenvalue weighted by molar-refractivity contribution is -0.116. The third-order valence-electron chi connectivity index (χ3n) is 2.96. The fraction of sp³-hybridized carbons (Fsp3) is 0.286. The summed E-state index contributed by atoms with van der Waals surface area (Å²) in [6.45, 7) is 0.403. The summed E-state index contributed by atoms with van der Waals surface area (Å²) in [5.41, 5.74) is 0.999. The number of anilines is 1. The van der Waals surface area contributed by atoms with Crippen LogP contribution in [-0.4, -0.2) is 20.3 Å². The highest BCUT2D eigenvalue weighted by atomic mass is 16.2. The number of benzene rings is 1. The van der Waals surface area contributed by atoms with Crippen LogP contribution < -0.4 is 11.0 Å². The van der Waals surface area contributed by atoms with Crippen LogP contribution in [0.3, 0.4) is 0 Å². The molecule has 7 heteroatoms. The zero-order chi connectivity index (χ0) is 15.2. The normalized spacial score (nSPS) is 10.1. The number of hydrogen-bond acceptors (Lipinski definition) is 4. The van der Waals surface area contributed by atoms with E-state index >= 15 is 0 Å². The van der Waals surface area contributed by atoms with Gasteiger partial charge in [0, 0.05) is 25.7 Å². The summed E-state index contributed by atoms with van der Waals surface area (Å²) in [6, 6.07) is 8.66. The van der Waals surface area contributed by atoms with Crippen LogP contribution in [0.5, 0.6) is 0 Å². The summed E-state index contributed by atoms with van der Waals surface area (Å²) in [4.78, 5) is 23.3. The molecule has 0 saturated carbocycles. The van der Waals surface area contributed by atoms with E-state index in [1.54, 1.807) is 31.3 Å². The first kappa shape index (κ1) is 14.5. The number of amides is 1. The Labute approximate surface area is 121 Å². The molecule has 0 atom stereocenters. The predicted molar refractivity (Wildman–Crippen MR) is 76.5 cm³/mol. The van der Waals surface area contributed by atoms with Crippen molar-refractivity contribution in [1.82, 2.24) is 14.3 Å². The number of rotatable bonds is 5. The summed E-state index contributed by atoms with van der Waals surface area (Å²) >= 11 is 0. The monoisotopic (exact) mass is 285 g/mol. The van der Waals surface area contributed by atoms with Crippen molar-refractivity contribution < 1.29 is 4.79 Å². The quantitative estimate of drug-likeness (QED) is 0.882. The summed E-state index contributed by atoms with van der Waals surface area (Å²) in [5.74, 6) is -0.135. The second-order valence-electron chi connectivity index (χ2n) is 4.59. The Balaban J connectivity index is 1.81. The van der Waals surface area contributed by atoms with Crippen molar-refractivity contribution in [3.63, 3.8) is 0 Å². The molecular weight excluding hydrogens is 270 g/mol. The van der Waals surface area contributed by atoms with Crippen LogP contribution in [0.1, 0.15) is 18.4 Å². The van der Waals surface area contributed by atoms with Crippen molar-refractivity contribution in [1.29, 1.82) is 5.26 Å². The van der Waals surface area contributed by atoms with Gasteiger partial charge in [-0.15, -0.1) is 0 Å². The molecule has 0 aliphatic heterocycles. The van der Waals surface area contributed by atoms with Crippen LogP contribution in [0.2, 0.25) is 0 Å². The maximum absolute atomic E-state index is 11.8. The van der Waals surface area contributed by atoms with Crippen molar-refractivity contribution in [2.24, 2.45) is 7.05 Å². The van der Waals surface area contributed by atoms with Gasteiger partial charge in [-0.1, -0.05) is 0 Å². The molecule has 1 heterocycles. The standard InChI is InChI=1S/C14H15N5O2/c1-18-10-16-19(14(18)21)8-2-3-13(20)17-12-6-4-11(9-15)5-7-12/h4-7,10H,2-3,8H2,1H3,(H,17,20). The second-order valence-corrected chi connectivity index (χ2v) is 4.59. The van der Waals surface area contributed by atoms with E-state index < -0.39 is 0 Å². The van der Waals surface area contributed by atoms with Crippen LogP contribution >= 0.6 is 0 Å². The molecule has 1 aromatic carbocycles. The van der Waals surface area contributed by atoms with E-state index in [0.29, 0.717) is 30.6 Å². The molecule has 1 N–H and O–H groups in total. The van der Waals surface area contributed by atoms with Gasteiger partial charge in [0.05, 0.1) is 11.6 Å². The number of carbonyl (C=O) groups is 1. The average molecular weight is 285 g/mol. The van der Waals surface area contributed by atoms with E-state index in [1.807, 2.05) is 6.07 Å². The Morgan fingerprint density at radius 2 is 2.10 bits per heavy atom. The molecule has 7 nitrogen and oxygen atoms in total. The van der Waals surface area contributed by atoms with E-state index in [1.165, 1.54) is 15.6 Å². The maximum atomic E-state index is 11.8. The molecule has 0 spiro atoms. The topological polar surface area (TPSA) is 92.7 Å². The van der Waals surface area contributed by atoms with Gasteiger partial charge in [-0.3, -0.25) is 9.36 Å². The van der Waals surface area contributed by atoms with E-state index in [0.717, 1.165) is 0 Å². The van der Waals surface area contributed by atoms with Gasteiger partial charge in [0.25, 0.3) is 0 Å². The maximum Gasteiger partial charge on any atom is 0.345 e. The van der Waals surface area contributed by atoms with Crippen molar-refractivity contribution in [3.8, 4) is 6.07 Å². The number of aromatic nitrogens is 3. The Bertz CT molecular complexity index is 721. The van der Waals surface area contributed by atoms with Crippen LogP contribution in [-0.2, 0) is 18.4 Å². The van der Waals surface area contributed by atoms with E-state index in [2.05, 4.69) is 10.4 Å². The molecule has 0 unspecified atom stereocenters. The Hall–Kier alpha value is -2.88. The smallest absolute Gasteiger partial charge is 0.326 e. The molecule has 0 bridgehead atoms. The Kier molecular flexibility index (Phi) is 4.51. The van der Waals surface area contributed by atoms with Crippen LogP contribution in [0, 0.1) is 11.3 Å². The number of nitriles is 1. The molecule has 0 aliphatic carbocycles. The first-order valence-corrected chi connectivity index (χ1v) is 6.48. The summed E-state index contributed by atoms with van der Waals surface area (Å²) < 4.78 is 2.71. The van der Waals surface area contributed by atoms with Gasteiger partial charge < -0.3 is 5.32 Å². The third kappa shape index (κ3) is 3.79. The number of aryl methyl sites for hydroxylation is 2. The lowest BCUT2D eigenvalue weighted by atomic mass is 10.2. The number of nitrogens with zero attached hydrogens (tertiary/aromatic N) is 4. The average Bonchev–Trinajstić information content (AvgIpc) is 2.80. The molecule has 0 radical (unpaired) electrons. The molecule has 0 aliphatic rings. The van der Waals surface area contributed by atoms with Gasteiger partial charge in [-0.25, -0.2) is 9.48 Å². The van der Waals surface area contributed by atoms with Crippen molar-refractivity contribution in [2.45, 2.75) is 19.4 Å². The number of hydrogen-bond donors (Lipinski definition) is 1. The first-order chi connectivity index (χ1) is 10.1. The Morgan fingerprint density at radius 1 is 1.38 bits per heavy atom. The zero-order valence-corrected chi connectivity index (χ0v) is 11.6. The zero-order valence-electron chi connectivity index (χ0n) is 11.6. The minimum atomic E-state index is -0.192. The van der Waals surface area contributed by atoms with Crippen molar-refractivity contribution in [3.05, 3.63) is 46.6 Å². The predicted octanol–water partition coefficient (Wildman–Crippen LogP) is 0.872. The highest BCUT2D eigenvalue weighted by Gasteiger charge is 2.05. The van der Waals surface area contributed by atoms with Gasteiger partial charge in [-0.05, 0) is 30.7 Å². The molecule has 2 rings (SSSR count). The van der Waals surface area contributed by atoms with E-state index in [-0.39, 0.29) is 11.6 Å². The van der Waals surface area contributed by atoms with E-state index in [9.17, 15) is 9.59 Å². The highest BCUT2D eigenvalue weighted by Crippen LogP contribution is 2.09. The molecule has 2 aromatic rings. The first-order valence-electron chi connectivity index (χ1n) is 6.48. The highest BCUT2D eigenvalue weighted by molar-refractivity contribution is 5.90. The van der Waals surface area contributed by atoms with E-state index in [4.69, 9.17) is 5.26 Å². The van der Waals surface area contributed by atoms with Crippen LogP contribution in [0.4, 0.5) is 5.69 Å². The minimum Gasteiger partial charge on any atom is -0.326 e. The summed E-state index contributed by atoms with van der Waals surface area (Å²) in [5, 5.41) is 15.3. The molecule has 108 valence electrons. The van der Waals surface area contributed by atoms with Gasteiger partial charge in [0.2, 0.25) is 5.91 Å². The van der Waals surface area contributed by atoms with Gasteiger partial charge in [0.1, 0.15) is 6.33 Å². The Morgan fingerprint density at radius 3 is 2.67 bits per heavy atom. The lowest BCUT2D eigenvalue weighted by Crippen LogP contribution is -2.23. The molecule has 1 amide bonds. The fourth-order valence-corrected chi connectivity index (χ4v) is 1.81. The number of carbonyl (C=O) groups excluding carboxylic acids is 1.